The molecule has 2 aliphatic rings. The second-order valence-corrected chi connectivity index (χ2v) is 6.59. The van der Waals surface area contributed by atoms with Crippen molar-refractivity contribution in [3.05, 3.63) is 29.8 Å². The number of imide groups is 1. The summed E-state index contributed by atoms with van der Waals surface area (Å²) >= 11 is 0. The highest BCUT2D eigenvalue weighted by Crippen LogP contribution is 2.23. The molecular weight excluding hydrogens is 276 g/mol. The van der Waals surface area contributed by atoms with Crippen LogP contribution in [-0.4, -0.2) is 30.4 Å². The lowest BCUT2D eigenvalue weighted by Crippen LogP contribution is -3.20. The Morgan fingerprint density at radius 3 is 2.59 bits per heavy atom. The van der Waals surface area contributed by atoms with Crippen molar-refractivity contribution in [2.45, 2.75) is 58.0 Å². The maximum atomic E-state index is 12.8. The van der Waals surface area contributed by atoms with Crippen LogP contribution in [0.3, 0.4) is 0 Å². The summed E-state index contributed by atoms with van der Waals surface area (Å²) in [6.07, 6.45) is 5.03. The largest absolute Gasteiger partial charge is 0.322 e. The molecule has 0 aromatic heterocycles. The van der Waals surface area contributed by atoms with Crippen molar-refractivity contribution in [1.29, 1.82) is 0 Å². The van der Waals surface area contributed by atoms with Crippen LogP contribution in [0, 0.1) is 6.92 Å². The van der Waals surface area contributed by atoms with Crippen molar-refractivity contribution in [2.24, 2.45) is 0 Å². The fourth-order valence-electron chi connectivity index (χ4n) is 3.92. The van der Waals surface area contributed by atoms with Gasteiger partial charge in [0.25, 0.3) is 5.91 Å². The van der Waals surface area contributed by atoms with E-state index in [1.165, 1.54) is 22.6 Å². The number of quaternary nitrogens is 1. The van der Waals surface area contributed by atoms with Crippen LogP contribution in [-0.2, 0) is 9.59 Å². The quantitative estimate of drug-likeness (QED) is 0.859. The number of likely N-dealkylation sites (tertiary alicyclic amines) is 1. The maximum absolute atomic E-state index is 12.8. The Morgan fingerprint density at radius 2 is 1.91 bits per heavy atom. The number of carbonyl (C=O) groups is 2. The number of hydrogen-bond donors (Lipinski definition) is 1. The minimum Gasteiger partial charge on any atom is -0.322 e. The Morgan fingerprint density at radius 1 is 1.18 bits per heavy atom. The van der Waals surface area contributed by atoms with E-state index in [-0.39, 0.29) is 17.9 Å². The zero-order chi connectivity index (χ0) is 15.7. The number of benzene rings is 1. The van der Waals surface area contributed by atoms with Gasteiger partial charge in [0, 0.05) is 0 Å². The highest BCUT2D eigenvalue weighted by molar-refractivity contribution is 6.21. The molecule has 1 aromatic carbocycles. The minimum absolute atomic E-state index is 0.01000. The second kappa shape index (κ2) is 6.21. The number of aryl methyl sites for hydroxylation is 1. The number of nitrogens with zero attached hydrogens (tertiary/aromatic N) is 1. The third-order valence-electron chi connectivity index (χ3n) is 5.17. The highest BCUT2D eigenvalue weighted by Gasteiger charge is 2.47. The molecule has 4 nitrogen and oxygen atoms in total. The van der Waals surface area contributed by atoms with Crippen LogP contribution < -0.4 is 9.80 Å². The summed E-state index contributed by atoms with van der Waals surface area (Å²) in [5.41, 5.74) is 1.85. The lowest BCUT2D eigenvalue weighted by molar-refractivity contribution is -0.944. The van der Waals surface area contributed by atoms with E-state index in [1.807, 2.05) is 31.2 Å². The maximum Gasteiger partial charge on any atom is 0.292 e. The van der Waals surface area contributed by atoms with Gasteiger partial charge >= 0.3 is 0 Å². The van der Waals surface area contributed by atoms with E-state index in [4.69, 9.17) is 0 Å². The number of anilines is 1. The van der Waals surface area contributed by atoms with Gasteiger partial charge in [0.1, 0.15) is 0 Å². The molecule has 3 rings (SSSR count). The molecule has 1 N–H and O–H groups in total. The van der Waals surface area contributed by atoms with Crippen LogP contribution >= 0.6 is 0 Å². The summed E-state index contributed by atoms with van der Waals surface area (Å²) in [6, 6.07) is 7.98. The van der Waals surface area contributed by atoms with Crippen LogP contribution in [0.15, 0.2) is 24.3 Å². The molecule has 2 saturated heterocycles. The van der Waals surface area contributed by atoms with E-state index in [0.29, 0.717) is 18.2 Å². The third-order valence-corrected chi connectivity index (χ3v) is 5.17. The van der Waals surface area contributed by atoms with Crippen LogP contribution in [0.4, 0.5) is 5.69 Å². The Balaban J connectivity index is 1.83. The van der Waals surface area contributed by atoms with Crippen molar-refractivity contribution in [3.8, 4) is 0 Å². The number of hydrogen-bond acceptors (Lipinski definition) is 2. The smallest absolute Gasteiger partial charge is 0.292 e. The zero-order valence-corrected chi connectivity index (χ0v) is 13.5. The van der Waals surface area contributed by atoms with Crippen LogP contribution in [0.5, 0.6) is 0 Å². The molecule has 2 heterocycles. The molecule has 2 aliphatic heterocycles. The molecule has 2 amide bonds. The van der Waals surface area contributed by atoms with Gasteiger partial charge in [-0.3, -0.25) is 9.59 Å². The van der Waals surface area contributed by atoms with Crippen LogP contribution in [0.2, 0.25) is 0 Å². The minimum atomic E-state index is -0.181. The van der Waals surface area contributed by atoms with E-state index in [2.05, 4.69) is 6.92 Å². The van der Waals surface area contributed by atoms with Gasteiger partial charge in [-0.2, -0.15) is 0 Å². The van der Waals surface area contributed by atoms with Crippen molar-refractivity contribution < 1.29 is 14.5 Å². The summed E-state index contributed by atoms with van der Waals surface area (Å²) < 4.78 is 0. The first kappa shape index (κ1) is 15.2. The topological polar surface area (TPSA) is 41.8 Å². The lowest BCUT2D eigenvalue weighted by atomic mass is 9.97. The first-order valence-corrected chi connectivity index (χ1v) is 8.41. The highest BCUT2D eigenvalue weighted by atomic mass is 16.2. The number of piperidine rings is 1. The second-order valence-electron chi connectivity index (χ2n) is 6.59. The van der Waals surface area contributed by atoms with Gasteiger partial charge in [-0.05, 0) is 44.7 Å². The molecule has 0 radical (unpaired) electrons. The number of nitrogens with one attached hydrogen (secondary N) is 1. The molecule has 118 valence electrons. The zero-order valence-electron chi connectivity index (χ0n) is 13.5. The number of amides is 2. The average Bonchev–Trinajstić information content (AvgIpc) is 2.83. The molecule has 22 heavy (non-hydrogen) atoms. The standard InChI is InChI=1S/C18H24N2O2/c1-3-14-6-4-5-11-19(14)16-12-17(21)20(18(16)22)15-9-7-13(2)8-10-15/h7-10,14,16H,3-6,11-12H2,1-2H3/p+1/t14-,16+/m0/s1. The predicted octanol–water partition coefficient (Wildman–Crippen LogP) is 1.47. The van der Waals surface area contributed by atoms with Gasteiger partial charge in [0.15, 0.2) is 6.04 Å². The average molecular weight is 301 g/mol. The van der Waals surface area contributed by atoms with Gasteiger partial charge in [-0.15, -0.1) is 0 Å². The van der Waals surface area contributed by atoms with E-state index in [1.54, 1.807) is 0 Å². The van der Waals surface area contributed by atoms with Gasteiger partial charge < -0.3 is 4.90 Å². The number of rotatable bonds is 3. The lowest BCUT2D eigenvalue weighted by Gasteiger charge is -2.35. The molecular formula is C18H25N2O2+. The fraction of sp³-hybridized carbons (Fsp3) is 0.556. The fourth-order valence-corrected chi connectivity index (χ4v) is 3.92. The van der Waals surface area contributed by atoms with E-state index >= 15 is 0 Å². The van der Waals surface area contributed by atoms with Gasteiger partial charge in [0.2, 0.25) is 5.91 Å². The van der Waals surface area contributed by atoms with E-state index in [0.717, 1.165) is 24.9 Å². The molecule has 3 atom stereocenters. The van der Waals surface area contributed by atoms with Crippen molar-refractivity contribution >= 4 is 17.5 Å². The summed E-state index contributed by atoms with van der Waals surface area (Å²) in [7, 11) is 0. The summed E-state index contributed by atoms with van der Waals surface area (Å²) in [6.45, 7) is 5.21. The third kappa shape index (κ3) is 2.68. The molecule has 0 bridgehead atoms. The van der Waals surface area contributed by atoms with E-state index in [9.17, 15) is 9.59 Å². The molecule has 0 aliphatic carbocycles. The predicted molar refractivity (Wildman–Crippen MR) is 85.8 cm³/mol. The molecule has 2 fully saturated rings. The van der Waals surface area contributed by atoms with Crippen molar-refractivity contribution in [1.82, 2.24) is 0 Å². The van der Waals surface area contributed by atoms with Crippen molar-refractivity contribution in [3.63, 3.8) is 0 Å². The van der Waals surface area contributed by atoms with Crippen molar-refractivity contribution in [2.75, 3.05) is 11.4 Å². The van der Waals surface area contributed by atoms with Gasteiger partial charge in [-0.1, -0.05) is 24.6 Å². The Kier molecular flexibility index (Phi) is 4.30. The summed E-state index contributed by atoms with van der Waals surface area (Å²) in [5.74, 6) is -0.0593. The van der Waals surface area contributed by atoms with Gasteiger partial charge in [0.05, 0.1) is 24.7 Å². The van der Waals surface area contributed by atoms with Crippen LogP contribution in [0.1, 0.15) is 44.6 Å². The Labute approximate surface area is 132 Å². The number of carbonyl (C=O) groups excluding carboxylic acids is 2. The molecule has 1 aromatic rings. The SMILES string of the molecule is CC[C@H]1CCCC[NH+]1[C@@H]1CC(=O)N(c2ccc(C)cc2)C1=O. The van der Waals surface area contributed by atoms with E-state index < -0.39 is 0 Å². The molecule has 4 heteroatoms. The summed E-state index contributed by atoms with van der Waals surface area (Å²) in [4.78, 5) is 28.0. The normalized spacial score (nSPS) is 29.2. The Bertz CT molecular complexity index is 567. The van der Waals surface area contributed by atoms with Gasteiger partial charge in [-0.25, -0.2) is 4.90 Å². The van der Waals surface area contributed by atoms with Crippen LogP contribution in [0.25, 0.3) is 0 Å². The molecule has 0 saturated carbocycles. The Hall–Kier alpha value is -1.68. The first-order chi connectivity index (χ1) is 10.6. The molecule has 1 unspecified atom stereocenters. The monoisotopic (exact) mass is 301 g/mol. The summed E-state index contributed by atoms with van der Waals surface area (Å²) in [5, 5.41) is 0. The molecule has 0 spiro atoms. The first-order valence-electron chi connectivity index (χ1n) is 8.41.